The van der Waals surface area contributed by atoms with Gasteiger partial charge in [0.2, 0.25) is 0 Å². The van der Waals surface area contributed by atoms with Gasteiger partial charge in [0, 0.05) is 11.0 Å². The van der Waals surface area contributed by atoms with Crippen LogP contribution in [0.15, 0.2) is 22.7 Å². The van der Waals surface area contributed by atoms with E-state index in [2.05, 4.69) is 41.2 Å². The highest BCUT2D eigenvalue weighted by Crippen LogP contribution is 2.21. The Balaban J connectivity index is 2.73. The van der Waals surface area contributed by atoms with Crippen LogP contribution in [0.25, 0.3) is 0 Å². The molecule has 16 heavy (non-hydrogen) atoms. The van der Waals surface area contributed by atoms with Crippen molar-refractivity contribution in [3.63, 3.8) is 0 Å². The van der Waals surface area contributed by atoms with Gasteiger partial charge in [0.15, 0.2) is 0 Å². The molecule has 0 amide bonds. The molecule has 1 aromatic rings. The number of hydrogen-bond donors (Lipinski definition) is 1. The Bertz CT molecular complexity index is 378. The summed E-state index contributed by atoms with van der Waals surface area (Å²) in [7, 11) is 0. The summed E-state index contributed by atoms with van der Waals surface area (Å²) in [5, 5.41) is 12.3. The quantitative estimate of drug-likeness (QED) is 0.879. The van der Waals surface area contributed by atoms with Crippen LogP contribution in [0.5, 0.6) is 0 Å². The van der Waals surface area contributed by atoms with E-state index < -0.39 is 0 Å². The van der Waals surface area contributed by atoms with E-state index >= 15 is 0 Å². The van der Waals surface area contributed by atoms with Crippen molar-refractivity contribution in [3.8, 4) is 6.07 Å². The average molecular weight is 281 g/mol. The zero-order chi connectivity index (χ0) is 12.0. The lowest BCUT2D eigenvalue weighted by atomic mass is 10.0. The van der Waals surface area contributed by atoms with Gasteiger partial charge in [-0.15, -0.1) is 0 Å². The smallest absolute Gasteiger partial charge is 0.101 e. The average Bonchev–Trinajstić information content (AvgIpc) is 2.30. The van der Waals surface area contributed by atoms with Crippen molar-refractivity contribution in [3.05, 3.63) is 28.2 Å². The fourth-order valence-electron chi connectivity index (χ4n) is 1.59. The molecule has 0 unspecified atom stereocenters. The molecule has 0 aliphatic carbocycles. The molecule has 0 heterocycles. The summed E-state index contributed by atoms with van der Waals surface area (Å²) >= 11 is 3.42. The fourth-order valence-corrected chi connectivity index (χ4v) is 1.95. The maximum Gasteiger partial charge on any atom is 0.101 e. The molecule has 1 aromatic carbocycles. The van der Waals surface area contributed by atoms with Crippen molar-refractivity contribution >= 4 is 21.6 Å². The summed E-state index contributed by atoms with van der Waals surface area (Å²) in [6, 6.07) is 7.88. The molecule has 3 heteroatoms. The van der Waals surface area contributed by atoms with Gasteiger partial charge < -0.3 is 5.32 Å². The van der Waals surface area contributed by atoms with E-state index in [0.29, 0.717) is 11.5 Å². The molecule has 0 atom stereocenters. The minimum absolute atomic E-state index is 0.672. The number of rotatable bonds is 5. The SMILES string of the molecule is CCC(CC)CNc1cc(Br)ccc1C#N. The van der Waals surface area contributed by atoms with Crippen LogP contribution in [-0.2, 0) is 0 Å². The first-order valence-electron chi connectivity index (χ1n) is 5.64. The Hall–Kier alpha value is -1.01. The Labute approximate surface area is 106 Å². The Kier molecular flexibility index (Phi) is 5.34. The third-order valence-electron chi connectivity index (χ3n) is 2.84. The number of anilines is 1. The van der Waals surface area contributed by atoms with Crippen LogP contribution in [0.4, 0.5) is 5.69 Å². The van der Waals surface area contributed by atoms with Crippen molar-refractivity contribution in [1.29, 1.82) is 5.26 Å². The minimum atomic E-state index is 0.672. The van der Waals surface area contributed by atoms with Crippen LogP contribution in [-0.4, -0.2) is 6.54 Å². The van der Waals surface area contributed by atoms with Crippen LogP contribution < -0.4 is 5.32 Å². The molecular formula is C13H17BrN2. The summed E-state index contributed by atoms with van der Waals surface area (Å²) in [6.45, 7) is 5.32. The van der Waals surface area contributed by atoms with E-state index in [1.165, 1.54) is 12.8 Å². The highest BCUT2D eigenvalue weighted by atomic mass is 79.9. The van der Waals surface area contributed by atoms with E-state index in [0.717, 1.165) is 16.7 Å². The normalized spacial score (nSPS) is 10.2. The second kappa shape index (κ2) is 6.55. The lowest BCUT2D eigenvalue weighted by molar-refractivity contribution is 0.519. The lowest BCUT2D eigenvalue weighted by Gasteiger charge is -2.15. The molecule has 2 nitrogen and oxygen atoms in total. The van der Waals surface area contributed by atoms with Crippen molar-refractivity contribution in [1.82, 2.24) is 0 Å². The number of benzene rings is 1. The largest absolute Gasteiger partial charge is 0.384 e. The molecule has 0 bridgehead atoms. The summed E-state index contributed by atoms with van der Waals surface area (Å²) < 4.78 is 0.999. The Morgan fingerprint density at radius 1 is 1.38 bits per heavy atom. The number of nitrogens with one attached hydrogen (secondary N) is 1. The van der Waals surface area contributed by atoms with Crippen molar-refractivity contribution in [2.45, 2.75) is 26.7 Å². The predicted octanol–water partition coefficient (Wildman–Crippen LogP) is 4.17. The molecule has 0 spiro atoms. The van der Waals surface area contributed by atoms with Crippen LogP contribution in [0.1, 0.15) is 32.3 Å². The summed E-state index contributed by atoms with van der Waals surface area (Å²) in [6.07, 6.45) is 2.33. The maximum atomic E-state index is 8.98. The molecule has 0 aliphatic rings. The van der Waals surface area contributed by atoms with Gasteiger partial charge in [0.25, 0.3) is 0 Å². The summed E-state index contributed by atoms with van der Waals surface area (Å²) in [5.74, 6) is 0.672. The topological polar surface area (TPSA) is 35.8 Å². The molecule has 0 saturated carbocycles. The van der Waals surface area contributed by atoms with Gasteiger partial charge in [-0.3, -0.25) is 0 Å². The molecule has 0 fully saturated rings. The minimum Gasteiger partial charge on any atom is -0.384 e. The first-order valence-corrected chi connectivity index (χ1v) is 6.44. The van der Waals surface area contributed by atoms with Crippen LogP contribution in [0.2, 0.25) is 0 Å². The van der Waals surface area contributed by atoms with Gasteiger partial charge in [0.05, 0.1) is 11.3 Å². The summed E-state index contributed by atoms with van der Waals surface area (Å²) in [4.78, 5) is 0. The van der Waals surface area contributed by atoms with E-state index in [1.807, 2.05) is 18.2 Å². The predicted molar refractivity (Wildman–Crippen MR) is 71.4 cm³/mol. The Morgan fingerprint density at radius 3 is 2.62 bits per heavy atom. The molecule has 0 radical (unpaired) electrons. The van der Waals surface area contributed by atoms with Gasteiger partial charge in [-0.05, 0) is 24.1 Å². The number of nitrogens with zero attached hydrogens (tertiary/aromatic N) is 1. The first kappa shape index (κ1) is 13.1. The molecule has 1 rings (SSSR count). The molecule has 0 saturated heterocycles. The van der Waals surface area contributed by atoms with Gasteiger partial charge >= 0.3 is 0 Å². The Morgan fingerprint density at radius 2 is 2.06 bits per heavy atom. The standard InChI is InChI=1S/C13H17BrN2/c1-3-10(4-2)9-16-13-7-12(14)6-5-11(13)8-15/h5-7,10,16H,3-4,9H2,1-2H3. The maximum absolute atomic E-state index is 8.98. The zero-order valence-corrected chi connectivity index (χ0v) is 11.3. The van der Waals surface area contributed by atoms with Crippen LogP contribution in [0.3, 0.4) is 0 Å². The zero-order valence-electron chi connectivity index (χ0n) is 9.76. The van der Waals surface area contributed by atoms with Crippen molar-refractivity contribution in [2.75, 3.05) is 11.9 Å². The number of halogens is 1. The second-order valence-electron chi connectivity index (χ2n) is 3.87. The van der Waals surface area contributed by atoms with Gasteiger partial charge in [-0.2, -0.15) is 5.26 Å². The molecule has 0 aliphatic heterocycles. The monoisotopic (exact) mass is 280 g/mol. The third kappa shape index (κ3) is 3.53. The van der Waals surface area contributed by atoms with Gasteiger partial charge in [0.1, 0.15) is 6.07 Å². The van der Waals surface area contributed by atoms with E-state index in [-0.39, 0.29) is 0 Å². The van der Waals surface area contributed by atoms with Crippen molar-refractivity contribution < 1.29 is 0 Å². The first-order chi connectivity index (χ1) is 7.71. The fraction of sp³-hybridized carbons (Fsp3) is 0.462. The van der Waals surface area contributed by atoms with E-state index in [9.17, 15) is 0 Å². The second-order valence-corrected chi connectivity index (χ2v) is 4.78. The van der Waals surface area contributed by atoms with Crippen LogP contribution >= 0.6 is 15.9 Å². The van der Waals surface area contributed by atoms with E-state index in [4.69, 9.17) is 5.26 Å². The molecule has 86 valence electrons. The van der Waals surface area contributed by atoms with Gasteiger partial charge in [-0.1, -0.05) is 42.6 Å². The highest BCUT2D eigenvalue weighted by Gasteiger charge is 2.06. The van der Waals surface area contributed by atoms with E-state index in [1.54, 1.807) is 0 Å². The highest BCUT2D eigenvalue weighted by molar-refractivity contribution is 9.10. The van der Waals surface area contributed by atoms with Crippen LogP contribution in [0, 0.1) is 17.2 Å². The molecule has 1 N–H and O–H groups in total. The third-order valence-corrected chi connectivity index (χ3v) is 3.33. The molecular weight excluding hydrogens is 264 g/mol. The number of nitriles is 1. The molecule has 0 aromatic heterocycles. The summed E-state index contributed by atoms with van der Waals surface area (Å²) in [5.41, 5.74) is 1.62. The van der Waals surface area contributed by atoms with Crippen molar-refractivity contribution in [2.24, 2.45) is 5.92 Å². The van der Waals surface area contributed by atoms with Gasteiger partial charge in [-0.25, -0.2) is 0 Å². The number of hydrogen-bond acceptors (Lipinski definition) is 2. The lowest BCUT2D eigenvalue weighted by Crippen LogP contribution is -2.13.